The van der Waals surface area contributed by atoms with E-state index in [0.717, 1.165) is 62.7 Å². The van der Waals surface area contributed by atoms with Crippen molar-refractivity contribution in [3.8, 4) is 5.75 Å². The summed E-state index contributed by atoms with van der Waals surface area (Å²) in [7, 11) is 1.83. The molecule has 0 saturated carbocycles. The van der Waals surface area contributed by atoms with Gasteiger partial charge < -0.3 is 20.3 Å². The number of aromatic nitrogens is 2. The number of aryl methyl sites for hydroxylation is 1. The molecule has 0 radical (unpaired) electrons. The summed E-state index contributed by atoms with van der Waals surface area (Å²) in [4.78, 5) is 11.2. The SMILES string of the molecule is CNc1nc(C)cc(NCCCN2CCC(Oc3ccc(Cl)c(Cl)c3)CC2)n1. The zero-order valence-electron chi connectivity index (χ0n) is 16.3. The van der Waals surface area contributed by atoms with E-state index in [9.17, 15) is 0 Å². The minimum absolute atomic E-state index is 0.232. The van der Waals surface area contributed by atoms with Gasteiger partial charge >= 0.3 is 0 Å². The van der Waals surface area contributed by atoms with Gasteiger partial charge in [0.2, 0.25) is 5.95 Å². The van der Waals surface area contributed by atoms with E-state index in [4.69, 9.17) is 27.9 Å². The monoisotopic (exact) mass is 423 g/mol. The van der Waals surface area contributed by atoms with Crippen LogP contribution in [0.4, 0.5) is 11.8 Å². The van der Waals surface area contributed by atoms with Crippen molar-refractivity contribution in [2.75, 3.05) is 43.9 Å². The van der Waals surface area contributed by atoms with Gasteiger partial charge in [0.15, 0.2) is 0 Å². The average molecular weight is 424 g/mol. The molecule has 1 aliphatic heterocycles. The topological polar surface area (TPSA) is 62.3 Å². The molecule has 0 bridgehead atoms. The number of likely N-dealkylation sites (tertiary alicyclic amines) is 1. The second-order valence-electron chi connectivity index (χ2n) is 6.98. The Morgan fingerprint density at radius 2 is 1.93 bits per heavy atom. The van der Waals surface area contributed by atoms with Gasteiger partial charge in [0, 0.05) is 44.5 Å². The van der Waals surface area contributed by atoms with Gasteiger partial charge in [-0.25, -0.2) is 4.98 Å². The first-order valence-corrected chi connectivity index (χ1v) is 10.4. The molecule has 1 aliphatic rings. The van der Waals surface area contributed by atoms with Crippen molar-refractivity contribution in [2.45, 2.75) is 32.3 Å². The fourth-order valence-corrected chi connectivity index (χ4v) is 3.57. The number of anilines is 2. The molecule has 1 fully saturated rings. The summed E-state index contributed by atoms with van der Waals surface area (Å²) in [5.74, 6) is 2.30. The lowest BCUT2D eigenvalue weighted by Gasteiger charge is -2.32. The number of nitrogens with one attached hydrogen (secondary N) is 2. The minimum Gasteiger partial charge on any atom is -0.490 e. The third-order valence-corrected chi connectivity index (χ3v) is 5.50. The lowest BCUT2D eigenvalue weighted by molar-refractivity contribution is 0.100. The fourth-order valence-electron chi connectivity index (χ4n) is 3.28. The van der Waals surface area contributed by atoms with Crippen LogP contribution < -0.4 is 15.4 Å². The summed E-state index contributed by atoms with van der Waals surface area (Å²) < 4.78 is 6.05. The van der Waals surface area contributed by atoms with E-state index in [0.29, 0.717) is 16.0 Å². The molecule has 6 nitrogen and oxygen atoms in total. The number of rotatable bonds is 8. The molecule has 3 rings (SSSR count). The van der Waals surface area contributed by atoms with E-state index >= 15 is 0 Å². The molecular weight excluding hydrogens is 397 g/mol. The third-order valence-electron chi connectivity index (χ3n) is 4.76. The maximum atomic E-state index is 6.06. The molecule has 1 aromatic carbocycles. The van der Waals surface area contributed by atoms with Gasteiger partial charge in [-0.3, -0.25) is 0 Å². The molecule has 2 N–H and O–H groups in total. The summed E-state index contributed by atoms with van der Waals surface area (Å²) in [6.45, 7) is 6.01. The summed E-state index contributed by atoms with van der Waals surface area (Å²) in [5.41, 5.74) is 0.950. The van der Waals surface area contributed by atoms with E-state index in [1.165, 1.54) is 0 Å². The Bertz CT molecular complexity index is 781. The van der Waals surface area contributed by atoms with Crippen LogP contribution in [0.2, 0.25) is 10.0 Å². The van der Waals surface area contributed by atoms with Crippen molar-refractivity contribution in [3.05, 3.63) is 40.0 Å². The Morgan fingerprint density at radius 3 is 2.64 bits per heavy atom. The quantitative estimate of drug-likeness (QED) is 0.610. The first kappa shape index (κ1) is 21.0. The van der Waals surface area contributed by atoms with Gasteiger partial charge in [-0.15, -0.1) is 0 Å². The number of piperidine rings is 1. The van der Waals surface area contributed by atoms with E-state index in [1.807, 2.05) is 26.1 Å². The van der Waals surface area contributed by atoms with Crippen molar-refractivity contribution in [1.82, 2.24) is 14.9 Å². The summed E-state index contributed by atoms with van der Waals surface area (Å²) in [5, 5.41) is 7.45. The number of halogens is 2. The molecule has 1 aromatic heterocycles. The average Bonchev–Trinajstić information content (AvgIpc) is 2.69. The predicted octanol–water partition coefficient (Wildman–Crippen LogP) is 4.48. The molecule has 2 heterocycles. The van der Waals surface area contributed by atoms with Gasteiger partial charge in [0.1, 0.15) is 17.7 Å². The third kappa shape index (κ3) is 6.12. The van der Waals surface area contributed by atoms with Gasteiger partial charge in [-0.1, -0.05) is 23.2 Å². The van der Waals surface area contributed by atoms with Crippen LogP contribution in [0.3, 0.4) is 0 Å². The minimum atomic E-state index is 0.232. The Kier molecular flexibility index (Phi) is 7.59. The highest BCUT2D eigenvalue weighted by Gasteiger charge is 2.20. The second-order valence-corrected chi connectivity index (χ2v) is 7.80. The Hall–Kier alpha value is -1.76. The molecule has 0 aliphatic carbocycles. The predicted molar refractivity (Wildman–Crippen MR) is 116 cm³/mol. The smallest absolute Gasteiger partial charge is 0.224 e. The normalized spacial score (nSPS) is 15.4. The van der Waals surface area contributed by atoms with Crippen molar-refractivity contribution in [2.24, 2.45) is 0 Å². The number of ether oxygens (including phenoxy) is 1. The van der Waals surface area contributed by atoms with Crippen LogP contribution in [0.1, 0.15) is 25.0 Å². The van der Waals surface area contributed by atoms with Crippen LogP contribution in [0.25, 0.3) is 0 Å². The molecule has 1 saturated heterocycles. The van der Waals surface area contributed by atoms with Gasteiger partial charge in [0.25, 0.3) is 0 Å². The standard InChI is InChI=1S/C20H27Cl2N5O/c1-14-12-19(26-20(23-2)25-14)24-8-3-9-27-10-6-15(7-11-27)28-16-4-5-17(21)18(22)13-16/h4-5,12-13,15H,3,6-11H2,1-2H3,(H2,23,24,25,26). The lowest BCUT2D eigenvalue weighted by atomic mass is 10.1. The Morgan fingerprint density at radius 1 is 1.14 bits per heavy atom. The van der Waals surface area contributed by atoms with Crippen LogP contribution in [0.15, 0.2) is 24.3 Å². The maximum absolute atomic E-state index is 6.06. The van der Waals surface area contributed by atoms with Crippen LogP contribution in [0, 0.1) is 6.92 Å². The van der Waals surface area contributed by atoms with Gasteiger partial charge in [0.05, 0.1) is 10.0 Å². The lowest BCUT2D eigenvalue weighted by Crippen LogP contribution is -2.39. The number of hydrogen-bond acceptors (Lipinski definition) is 6. The van der Waals surface area contributed by atoms with E-state index in [2.05, 4.69) is 25.5 Å². The second kappa shape index (κ2) is 10.1. The van der Waals surface area contributed by atoms with Gasteiger partial charge in [-0.2, -0.15) is 4.98 Å². The molecule has 152 valence electrons. The first-order chi connectivity index (χ1) is 13.5. The van der Waals surface area contributed by atoms with Gasteiger partial charge in [-0.05, 0) is 44.9 Å². The fraction of sp³-hybridized carbons (Fsp3) is 0.500. The molecule has 0 unspecified atom stereocenters. The molecule has 8 heteroatoms. The Labute approximate surface area is 176 Å². The number of nitrogens with zero attached hydrogens (tertiary/aromatic N) is 3. The van der Waals surface area contributed by atoms with Crippen molar-refractivity contribution < 1.29 is 4.74 Å². The van der Waals surface area contributed by atoms with E-state index in [1.54, 1.807) is 12.1 Å². The van der Waals surface area contributed by atoms with Crippen molar-refractivity contribution >= 4 is 35.0 Å². The molecule has 2 aromatic rings. The number of benzene rings is 1. The highest BCUT2D eigenvalue weighted by molar-refractivity contribution is 6.42. The molecule has 0 amide bonds. The van der Waals surface area contributed by atoms with E-state index < -0.39 is 0 Å². The van der Waals surface area contributed by atoms with Crippen molar-refractivity contribution in [3.63, 3.8) is 0 Å². The zero-order chi connectivity index (χ0) is 19.9. The summed E-state index contributed by atoms with van der Waals surface area (Å²) >= 11 is 12.0. The highest BCUT2D eigenvalue weighted by Crippen LogP contribution is 2.28. The summed E-state index contributed by atoms with van der Waals surface area (Å²) in [6, 6.07) is 7.41. The van der Waals surface area contributed by atoms with Crippen LogP contribution >= 0.6 is 23.2 Å². The zero-order valence-corrected chi connectivity index (χ0v) is 17.9. The van der Waals surface area contributed by atoms with E-state index in [-0.39, 0.29) is 6.10 Å². The van der Waals surface area contributed by atoms with Crippen LogP contribution in [0.5, 0.6) is 5.75 Å². The van der Waals surface area contributed by atoms with Crippen LogP contribution in [-0.2, 0) is 0 Å². The van der Waals surface area contributed by atoms with Crippen LogP contribution in [-0.4, -0.2) is 54.2 Å². The largest absolute Gasteiger partial charge is 0.490 e. The molecule has 0 spiro atoms. The molecule has 28 heavy (non-hydrogen) atoms. The highest BCUT2D eigenvalue weighted by atomic mass is 35.5. The molecular formula is C20H27Cl2N5O. The maximum Gasteiger partial charge on any atom is 0.224 e. The number of hydrogen-bond donors (Lipinski definition) is 2. The van der Waals surface area contributed by atoms with Crippen molar-refractivity contribution in [1.29, 1.82) is 0 Å². The first-order valence-electron chi connectivity index (χ1n) is 9.65. The Balaban J connectivity index is 1.35. The summed E-state index contributed by atoms with van der Waals surface area (Å²) in [6.07, 6.45) is 3.33. The molecule has 0 atom stereocenters.